The highest BCUT2D eigenvalue weighted by Crippen LogP contribution is 2.37. The zero-order valence-electron chi connectivity index (χ0n) is 29.6. The van der Waals surface area contributed by atoms with E-state index in [0.29, 0.717) is 5.56 Å². The molecular weight excluding hydrogens is 643 g/mol. The number of nitrogens with zero attached hydrogens (tertiary/aromatic N) is 3. The quantitative estimate of drug-likeness (QED) is 0.176. The van der Waals surface area contributed by atoms with Gasteiger partial charge in [-0.3, -0.25) is 0 Å². The van der Waals surface area contributed by atoms with E-state index in [9.17, 15) is 5.26 Å². The van der Waals surface area contributed by atoms with Crippen LogP contribution in [-0.4, -0.2) is 9.55 Å². The van der Waals surface area contributed by atoms with Crippen LogP contribution in [0.3, 0.4) is 0 Å². The maximum Gasteiger partial charge on any atom is 0.0991 e. The smallest absolute Gasteiger partial charge is 0.0991 e. The molecule has 53 heavy (non-hydrogen) atoms. The molecule has 7 aromatic carbocycles. The summed E-state index contributed by atoms with van der Waals surface area (Å²) in [7, 11) is 0. The van der Waals surface area contributed by atoms with Crippen molar-refractivity contribution in [1.82, 2.24) is 9.55 Å². The number of pyridine rings is 1. The summed E-state index contributed by atoms with van der Waals surface area (Å²) in [5.74, 6) is 0. The summed E-state index contributed by atoms with van der Waals surface area (Å²) in [5, 5.41) is 12.1. The van der Waals surface area contributed by atoms with Crippen LogP contribution in [0.1, 0.15) is 16.7 Å². The van der Waals surface area contributed by atoms with E-state index in [-0.39, 0.29) is 0 Å². The first-order valence-corrected chi connectivity index (χ1v) is 17.9. The Bertz CT molecular complexity index is 2810. The summed E-state index contributed by atoms with van der Waals surface area (Å²) in [6.07, 6.45) is 0. The van der Waals surface area contributed by atoms with Crippen LogP contribution in [0.2, 0.25) is 0 Å². The van der Waals surface area contributed by atoms with Crippen molar-refractivity contribution in [3.8, 4) is 67.7 Å². The minimum atomic E-state index is 0.644. The average molecular weight is 678 g/mol. The van der Waals surface area contributed by atoms with Crippen molar-refractivity contribution in [2.45, 2.75) is 13.8 Å². The first kappa shape index (κ1) is 31.9. The molecule has 0 aliphatic carbocycles. The fourth-order valence-electron chi connectivity index (χ4n) is 7.46. The standard InChI is InChI=1S/C50H35N3/c1-33-20-22-49-45(24-33)46-25-34(2)21-23-50(46)53(49)44-19-9-17-41(29-44)38-14-7-16-40(27-38)43-30-47(36-11-4-3-5-12-36)52-48(31-43)42-18-8-15-39(28-42)37-13-6-10-35(26-37)32-51/h3-31H,1-2H3. The molecule has 0 bridgehead atoms. The van der Waals surface area contributed by atoms with Gasteiger partial charge in [0.15, 0.2) is 0 Å². The Labute approximate surface area is 309 Å². The van der Waals surface area contributed by atoms with E-state index in [1.54, 1.807) is 0 Å². The van der Waals surface area contributed by atoms with E-state index >= 15 is 0 Å². The van der Waals surface area contributed by atoms with Crippen molar-refractivity contribution >= 4 is 21.8 Å². The van der Waals surface area contributed by atoms with Crippen LogP contribution in [0, 0.1) is 25.2 Å². The van der Waals surface area contributed by atoms with Gasteiger partial charge in [-0.15, -0.1) is 0 Å². The first-order chi connectivity index (χ1) is 26.0. The van der Waals surface area contributed by atoms with Crippen molar-refractivity contribution in [2.24, 2.45) is 0 Å². The second-order valence-electron chi connectivity index (χ2n) is 13.8. The van der Waals surface area contributed by atoms with Crippen LogP contribution in [0.15, 0.2) is 176 Å². The molecule has 9 rings (SSSR count). The van der Waals surface area contributed by atoms with E-state index in [1.165, 1.54) is 32.9 Å². The summed E-state index contributed by atoms with van der Waals surface area (Å²) < 4.78 is 2.39. The third-order valence-corrected chi connectivity index (χ3v) is 10.1. The van der Waals surface area contributed by atoms with Crippen molar-refractivity contribution in [3.05, 3.63) is 193 Å². The summed E-state index contributed by atoms with van der Waals surface area (Å²) in [6.45, 7) is 4.32. The molecule has 2 heterocycles. The molecular formula is C50H35N3. The number of aryl methyl sites for hydroxylation is 2. The van der Waals surface area contributed by atoms with E-state index in [2.05, 4.69) is 170 Å². The monoisotopic (exact) mass is 677 g/mol. The van der Waals surface area contributed by atoms with Crippen LogP contribution >= 0.6 is 0 Å². The highest BCUT2D eigenvalue weighted by atomic mass is 15.0. The van der Waals surface area contributed by atoms with Gasteiger partial charge in [-0.25, -0.2) is 4.98 Å². The van der Waals surface area contributed by atoms with Gasteiger partial charge in [0.1, 0.15) is 0 Å². The second-order valence-corrected chi connectivity index (χ2v) is 13.8. The Kier molecular flexibility index (Phi) is 7.99. The summed E-state index contributed by atoms with van der Waals surface area (Å²) >= 11 is 0. The Morgan fingerprint density at radius 1 is 0.415 bits per heavy atom. The SMILES string of the molecule is Cc1ccc2c(c1)c1cc(C)ccc1n2-c1cccc(-c2cccc(-c3cc(-c4ccccc4)nc(-c4cccc(-c5cccc(C#N)c5)c4)c3)c2)c1. The Hall–Kier alpha value is -7.02. The minimum Gasteiger partial charge on any atom is -0.309 e. The lowest BCUT2D eigenvalue weighted by Gasteiger charge is -2.13. The fraction of sp³-hybridized carbons (Fsp3) is 0.0400. The molecule has 0 N–H and O–H groups in total. The summed E-state index contributed by atoms with van der Waals surface area (Å²) in [5.41, 5.74) is 17.2. The Morgan fingerprint density at radius 3 is 1.55 bits per heavy atom. The zero-order valence-corrected chi connectivity index (χ0v) is 29.6. The number of benzene rings is 7. The molecule has 2 aromatic heterocycles. The van der Waals surface area contributed by atoms with Gasteiger partial charge >= 0.3 is 0 Å². The number of hydrogen-bond acceptors (Lipinski definition) is 2. The molecule has 0 aliphatic rings. The van der Waals surface area contributed by atoms with E-state index in [1.807, 2.05) is 30.3 Å². The maximum absolute atomic E-state index is 9.50. The predicted octanol–water partition coefficient (Wildman–Crippen LogP) is 13.0. The molecule has 0 unspecified atom stereocenters. The van der Waals surface area contributed by atoms with Crippen LogP contribution in [0.4, 0.5) is 0 Å². The molecule has 3 nitrogen and oxygen atoms in total. The first-order valence-electron chi connectivity index (χ1n) is 17.9. The zero-order chi connectivity index (χ0) is 35.9. The van der Waals surface area contributed by atoms with Crippen LogP contribution in [0.5, 0.6) is 0 Å². The van der Waals surface area contributed by atoms with Crippen molar-refractivity contribution in [3.63, 3.8) is 0 Å². The molecule has 3 heteroatoms. The maximum atomic E-state index is 9.50. The highest BCUT2D eigenvalue weighted by Gasteiger charge is 2.15. The summed E-state index contributed by atoms with van der Waals surface area (Å²) in [6, 6.07) is 64.4. The molecule has 250 valence electrons. The van der Waals surface area contributed by atoms with Crippen LogP contribution in [-0.2, 0) is 0 Å². The lowest BCUT2D eigenvalue weighted by Crippen LogP contribution is -1.94. The third kappa shape index (κ3) is 6.07. The molecule has 9 aromatic rings. The highest BCUT2D eigenvalue weighted by molar-refractivity contribution is 6.09. The van der Waals surface area contributed by atoms with Gasteiger partial charge < -0.3 is 4.57 Å². The minimum absolute atomic E-state index is 0.644. The third-order valence-electron chi connectivity index (χ3n) is 10.1. The summed E-state index contributed by atoms with van der Waals surface area (Å²) in [4.78, 5) is 5.19. The molecule has 0 saturated heterocycles. The van der Waals surface area contributed by atoms with Crippen molar-refractivity contribution in [2.75, 3.05) is 0 Å². The van der Waals surface area contributed by atoms with Gasteiger partial charge in [0.25, 0.3) is 0 Å². The van der Waals surface area contributed by atoms with E-state index in [4.69, 9.17) is 4.98 Å². The number of fused-ring (bicyclic) bond motifs is 3. The van der Waals surface area contributed by atoms with Gasteiger partial charge in [0.05, 0.1) is 34.1 Å². The molecule has 0 aliphatic heterocycles. The van der Waals surface area contributed by atoms with Gasteiger partial charge in [-0.05, 0) is 120 Å². The average Bonchev–Trinajstić information content (AvgIpc) is 3.53. The van der Waals surface area contributed by atoms with E-state index in [0.717, 1.165) is 61.6 Å². The van der Waals surface area contributed by atoms with Crippen LogP contribution in [0.25, 0.3) is 83.4 Å². The Balaban J connectivity index is 1.15. The number of hydrogen-bond donors (Lipinski definition) is 0. The number of aromatic nitrogens is 2. The Morgan fingerprint density at radius 2 is 0.906 bits per heavy atom. The van der Waals surface area contributed by atoms with Gasteiger partial charge in [0.2, 0.25) is 0 Å². The molecule has 0 radical (unpaired) electrons. The molecule has 0 spiro atoms. The van der Waals surface area contributed by atoms with Crippen molar-refractivity contribution < 1.29 is 0 Å². The van der Waals surface area contributed by atoms with E-state index < -0.39 is 0 Å². The largest absolute Gasteiger partial charge is 0.309 e. The predicted molar refractivity (Wildman–Crippen MR) is 220 cm³/mol. The number of rotatable bonds is 6. The lowest BCUT2D eigenvalue weighted by molar-refractivity contribution is 1.18. The topological polar surface area (TPSA) is 41.6 Å². The molecule has 0 atom stereocenters. The van der Waals surface area contributed by atoms with Crippen LogP contribution < -0.4 is 0 Å². The molecule has 0 amide bonds. The molecule has 0 fully saturated rings. The number of nitriles is 1. The van der Waals surface area contributed by atoms with Crippen molar-refractivity contribution in [1.29, 1.82) is 5.26 Å². The van der Waals surface area contributed by atoms with Gasteiger partial charge in [0, 0.05) is 27.6 Å². The molecule has 0 saturated carbocycles. The van der Waals surface area contributed by atoms with Gasteiger partial charge in [-0.1, -0.05) is 114 Å². The van der Waals surface area contributed by atoms with Gasteiger partial charge in [-0.2, -0.15) is 5.26 Å². The normalized spacial score (nSPS) is 11.2. The lowest BCUT2D eigenvalue weighted by atomic mass is 9.95. The fourth-order valence-corrected chi connectivity index (χ4v) is 7.46. The second kappa shape index (κ2) is 13.3.